The van der Waals surface area contributed by atoms with E-state index in [4.69, 9.17) is 22.9 Å². The van der Waals surface area contributed by atoms with Gasteiger partial charge in [0.05, 0.1) is 19.5 Å². The van der Waals surface area contributed by atoms with Crippen molar-refractivity contribution in [3.8, 4) is 5.75 Å². The van der Waals surface area contributed by atoms with E-state index in [1.54, 1.807) is 27.7 Å². The average molecular weight is 989 g/mol. The third-order valence-electron chi connectivity index (χ3n) is 11.2. The molecule has 1 aliphatic rings. The second kappa shape index (κ2) is 28.8. The molecule has 26 heteroatoms. The first-order valence-corrected chi connectivity index (χ1v) is 22.8. The van der Waals surface area contributed by atoms with Gasteiger partial charge in [0.1, 0.15) is 48.0 Å². The lowest BCUT2D eigenvalue weighted by Gasteiger charge is -2.31. The molecule has 1 aliphatic heterocycles. The first kappa shape index (κ1) is 58.7. The second-order valence-electron chi connectivity index (χ2n) is 17.4. The molecule has 1 heterocycles. The fraction of sp³-hybridized carbons (Fsp3) is 0.591. The van der Waals surface area contributed by atoms with Crippen molar-refractivity contribution < 1.29 is 67.7 Å². The zero-order chi connectivity index (χ0) is 52.8. The minimum absolute atomic E-state index is 0.0265. The summed E-state index contributed by atoms with van der Waals surface area (Å²) in [5, 5.41) is 36.4. The lowest BCUT2D eigenvalue weighted by molar-refractivity contribution is -0.143. The van der Waals surface area contributed by atoms with Gasteiger partial charge in [-0.1, -0.05) is 46.2 Å². The highest BCUT2D eigenvalue weighted by atomic mass is 16.4. The van der Waals surface area contributed by atoms with Crippen LogP contribution in [0.3, 0.4) is 0 Å². The predicted octanol–water partition coefficient (Wildman–Crippen LogP) is -4.51. The smallest absolute Gasteiger partial charge is 0.303 e. The van der Waals surface area contributed by atoms with Gasteiger partial charge in [-0.25, -0.2) is 0 Å². The summed E-state index contributed by atoms with van der Waals surface area (Å²) >= 11 is 0. The van der Waals surface area contributed by atoms with Gasteiger partial charge in [-0.3, -0.25) is 57.5 Å². The van der Waals surface area contributed by atoms with E-state index in [2.05, 4.69) is 37.2 Å². The molecule has 388 valence electrons. The Bertz CT molecular complexity index is 2070. The van der Waals surface area contributed by atoms with Crippen LogP contribution < -0.4 is 60.2 Å². The number of hydrogen-bond donors (Lipinski definition) is 13. The van der Waals surface area contributed by atoms with Crippen LogP contribution in [0.15, 0.2) is 24.3 Å². The maximum absolute atomic E-state index is 14.1. The first-order chi connectivity index (χ1) is 32.9. The highest BCUT2D eigenvalue weighted by molar-refractivity contribution is 5.99. The number of carboxylic acid groups (broad SMARTS) is 1. The van der Waals surface area contributed by atoms with Gasteiger partial charge in [-0.2, -0.15) is 0 Å². The lowest BCUT2D eigenvalue weighted by atomic mass is 9.96. The van der Waals surface area contributed by atoms with Crippen LogP contribution in [0.1, 0.15) is 91.0 Å². The van der Waals surface area contributed by atoms with E-state index in [1.807, 2.05) is 0 Å². The normalized spacial score (nSPS) is 16.1. The quantitative estimate of drug-likeness (QED) is 0.0346. The minimum Gasteiger partial charge on any atom is -0.508 e. The molecule has 8 atom stereocenters. The Kier molecular flexibility index (Phi) is 24.2. The topological polar surface area (TPSA) is 437 Å². The van der Waals surface area contributed by atoms with Crippen molar-refractivity contribution in [3.63, 3.8) is 0 Å². The number of aliphatic carboxylic acids is 1. The summed E-state index contributed by atoms with van der Waals surface area (Å²) in [5.74, 6) is -12.2. The Morgan fingerprint density at radius 1 is 0.686 bits per heavy atom. The van der Waals surface area contributed by atoms with E-state index in [1.165, 1.54) is 24.3 Å². The summed E-state index contributed by atoms with van der Waals surface area (Å²) in [5.41, 5.74) is 22.0. The van der Waals surface area contributed by atoms with Gasteiger partial charge in [-0.05, 0) is 61.6 Å². The van der Waals surface area contributed by atoms with Crippen LogP contribution in [-0.4, -0.2) is 148 Å². The Balaban J connectivity index is 2.41. The van der Waals surface area contributed by atoms with Crippen LogP contribution in [0.4, 0.5) is 0 Å². The van der Waals surface area contributed by atoms with Crippen molar-refractivity contribution in [2.24, 2.45) is 34.8 Å². The van der Waals surface area contributed by atoms with Crippen LogP contribution in [0.5, 0.6) is 5.75 Å². The number of primary amides is 3. The standard InChI is InChI=1S/C44H68N12O14/c1-5-23(4)37(55-41(67)29(50-35(61)20-45)18-24-8-10-25(57)11-9-24)43(69)51-26(12-14-32(46)58)39(65)53-30(19-33(47)59)40(66)52-27(13-15-36(62)63)44(70)56-16-6-7-31(56)42(68)54-28(17-22(2)3)38(64)49-21-34(48)60/h8-11,22-23,26-31,37,57H,5-7,12-21,45H2,1-4H3,(H2,46,58)(H2,47,59)(H2,48,60)(H,49,64)(H,50,61)(H,51,69)(H,52,66)(H,53,65)(H,54,68)(H,55,67)(H,62,63)/t23-,26-,27-,28-,29-,30-,31-,37-/m0/s1. The van der Waals surface area contributed by atoms with Crippen LogP contribution in [-0.2, 0) is 64.0 Å². The molecular weight excluding hydrogens is 921 g/mol. The second-order valence-corrected chi connectivity index (χ2v) is 17.4. The lowest BCUT2D eigenvalue weighted by Crippen LogP contribution is -2.61. The molecule has 0 aliphatic carbocycles. The molecule has 0 spiro atoms. The number of nitrogens with zero attached hydrogens (tertiary/aromatic N) is 1. The Morgan fingerprint density at radius 3 is 1.83 bits per heavy atom. The monoisotopic (exact) mass is 988 g/mol. The van der Waals surface area contributed by atoms with Gasteiger partial charge in [0.25, 0.3) is 0 Å². The zero-order valence-electron chi connectivity index (χ0n) is 39.7. The molecule has 1 aromatic rings. The third-order valence-corrected chi connectivity index (χ3v) is 11.2. The highest BCUT2D eigenvalue weighted by Crippen LogP contribution is 2.21. The number of hydrogen-bond acceptors (Lipinski definition) is 14. The minimum atomic E-state index is -1.87. The van der Waals surface area contributed by atoms with E-state index in [9.17, 15) is 67.7 Å². The molecule has 1 saturated heterocycles. The van der Waals surface area contributed by atoms with Gasteiger partial charge < -0.3 is 75.3 Å². The average Bonchev–Trinajstić information content (AvgIpc) is 3.79. The van der Waals surface area contributed by atoms with E-state index in [0.717, 1.165) is 4.90 Å². The Hall–Kier alpha value is -7.38. The maximum Gasteiger partial charge on any atom is 0.303 e. The number of likely N-dealkylation sites (tertiary alicyclic amines) is 1. The van der Waals surface area contributed by atoms with Crippen molar-refractivity contribution in [2.45, 2.75) is 134 Å². The first-order valence-electron chi connectivity index (χ1n) is 22.8. The number of nitrogens with one attached hydrogen (secondary N) is 7. The summed E-state index contributed by atoms with van der Waals surface area (Å²) in [4.78, 5) is 157. The van der Waals surface area contributed by atoms with Gasteiger partial charge in [0, 0.05) is 25.8 Å². The van der Waals surface area contributed by atoms with E-state index in [0.29, 0.717) is 12.0 Å². The summed E-state index contributed by atoms with van der Waals surface area (Å²) in [6.45, 7) is 5.89. The molecule has 1 fully saturated rings. The molecule has 11 amide bonds. The number of rotatable bonds is 30. The number of aromatic hydroxyl groups is 1. The molecule has 1 aromatic carbocycles. The molecular formula is C44H68N12O14. The number of amides is 11. The van der Waals surface area contributed by atoms with Crippen LogP contribution in [0, 0.1) is 11.8 Å². The number of phenolic OH excluding ortho intramolecular Hbond substituents is 1. The van der Waals surface area contributed by atoms with Crippen molar-refractivity contribution in [2.75, 3.05) is 19.6 Å². The number of benzene rings is 1. The van der Waals surface area contributed by atoms with Gasteiger partial charge >= 0.3 is 5.97 Å². The van der Waals surface area contributed by atoms with Gasteiger partial charge in [-0.15, -0.1) is 0 Å². The molecule has 70 heavy (non-hydrogen) atoms. The SMILES string of the molecule is CC[C@H](C)[C@H](NC(=O)[C@H](Cc1ccc(O)cc1)NC(=O)CN)C(=O)N[C@@H](CCC(N)=O)C(=O)N[C@@H](CC(N)=O)C(=O)N[C@@H](CCC(=O)O)C(=O)N1CCC[C@H]1C(=O)N[C@@H](CC(C)C)C(=O)NCC(N)=O. The summed E-state index contributed by atoms with van der Waals surface area (Å²) in [6, 6.07) is -4.39. The van der Waals surface area contributed by atoms with Crippen molar-refractivity contribution >= 4 is 70.9 Å². The maximum atomic E-state index is 14.1. The van der Waals surface area contributed by atoms with Crippen molar-refractivity contribution in [3.05, 3.63) is 29.8 Å². The van der Waals surface area contributed by atoms with Crippen molar-refractivity contribution in [1.82, 2.24) is 42.1 Å². The molecule has 0 aromatic heterocycles. The fourth-order valence-electron chi connectivity index (χ4n) is 7.35. The molecule has 0 bridgehead atoms. The third kappa shape index (κ3) is 20.1. The largest absolute Gasteiger partial charge is 0.508 e. The molecule has 0 unspecified atom stereocenters. The molecule has 0 saturated carbocycles. The predicted molar refractivity (Wildman–Crippen MR) is 247 cm³/mol. The van der Waals surface area contributed by atoms with E-state index in [-0.39, 0.29) is 43.9 Å². The summed E-state index contributed by atoms with van der Waals surface area (Å²) < 4.78 is 0. The molecule has 26 nitrogen and oxygen atoms in total. The summed E-state index contributed by atoms with van der Waals surface area (Å²) in [7, 11) is 0. The molecule has 0 radical (unpaired) electrons. The van der Waals surface area contributed by atoms with E-state index >= 15 is 0 Å². The Labute approximate surface area is 404 Å². The molecule has 2 rings (SSSR count). The van der Waals surface area contributed by atoms with Crippen molar-refractivity contribution in [1.29, 1.82) is 0 Å². The van der Waals surface area contributed by atoms with Crippen LogP contribution >= 0.6 is 0 Å². The number of carboxylic acids is 1. The van der Waals surface area contributed by atoms with Crippen LogP contribution in [0.2, 0.25) is 0 Å². The van der Waals surface area contributed by atoms with Gasteiger partial charge in [0.2, 0.25) is 65.0 Å². The zero-order valence-corrected chi connectivity index (χ0v) is 39.7. The summed E-state index contributed by atoms with van der Waals surface area (Å²) in [6.07, 6.45) is -2.28. The Morgan fingerprint density at radius 2 is 1.27 bits per heavy atom. The highest BCUT2D eigenvalue weighted by Gasteiger charge is 2.40. The number of nitrogens with two attached hydrogens (primary N) is 4. The van der Waals surface area contributed by atoms with E-state index < -0.39 is 164 Å². The number of phenols is 1. The van der Waals surface area contributed by atoms with Crippen LogP contribution in [0.25, 0.3) is 0 Å². The number of carbonyl (C=O) groups is 12. The van der Waals surface area contributed by atoms with Gasteiger partial charge in [0.15, 0.2) is 0 Å². The fourth-order valence-corrected chi connectivity index (χ4v) is 7.35. The molecule has 17 N–H and O–H groups in total. The number of carbonyl (C=O) groups excluding carboxylic acids is 11.